The average molecular weight is 379 g/mol. The maximum Gasteiger partial charge on any atom is 0.135 e. The summed E-state index contributed by atoms with van der Waals surface area (Å²) in [5.74, 6) is 0.577. The number of unbranched alkanes of at least 4 members (excludes halogenated alkanes) is 15. The van der Waals surface area contributed by atoms with Gasteiger partial charge >= 0.3 is 0 Å². The standard InChI is InChI=1S/C21H43FO2S/c1-2-3-4-5-6-7-8-9-10-11-12-13-14-15-16-17-18-25(24)20-21(22)19-23/h21,23H,2-20H2,1H3. The van der Waals surface area contributed by atoms with Gasteiger partial charge in [0, 0.05) is 16.6 Å². The summed E-state index contributed by atoms with van der Waals surface area (Å²) >= 11 is 0. The highest BCUT2D eigenvalue weighted by molar-refractivity contribution is 7.85. The smallest absolute Gasteiger partial charge is 0.135 e. The predicted octanol–water partition coefficient (Wildman–Crippen LogP) is 6.33. The number of halogens is 1. The molecule has 152 valence electrons. The van der Waals surface area contributed by atoms with Crippen LogP contribution in [0, 0.1) is 0 Å². The van der Waals surface area contributed by atoms with E-state index in [0.717, 1.165) is 12.8 Å². The Balaban J connectivity index is 3.11. The molecule has 0 rings (SSSR count). The van der Waals surface area contributed by atoms with Crippen LogP contribution < -0.4 is 0 Å². The molecule has 0 aliphatic heterocycles. The second-order valence-corrected chi connectivity index (χ2v) is 9.02. The van der Waals surface area contributed by atoms with Gasteiger partial charge in [-0.1, -0.05) is 103 Å². The Hall–Kier alpha value is 0.0400. The molecule has 2 atom stereocenters. The molecule has 0 spiro atoms. The van der Waals surface area contributed by atoms with Crippen LogP contribution in [-0.2, 0) is 10.8 Å². The zero-order chi connectivity index (χ0) is 18.6. The number of hydrogen-bond donors (Lipinski definition) is 1. The van der Waals surface area contributed by atoms with Gasteiger partial charge in [0.2, 0.25) is 0 Å². The van der Waals surface area contributed by atoms with Crippen LogP contribution in [0.1, 0.15) is 110 Å². The van der Waals surface area contributed by atoms with Gasteiger partial charge in [0.25, 0.3) is 0 Å². The summed E-state index contributed by atoms with van der Waals surface area (Å²) < 4.78 is 24.4. The van der Waals surface area contributed by atoms with Crippen LogP contribution in [0.15, 0.2) is 0 Å². The maximum atomic E-state index is 12.8. The van der Waals surface area contributed by atoms with Gasteiger partial charge in [-0.25, -0.2) is 4.39 Å². The topological polar surface area (TPSA) is 37.3 Å². The highest BCUT2D eigenvalue weighted by atomic mass is 32.2. The lowest BCUT2D eigenvalue weighted by Crippen LogP contribution is -2.17. The molecule has 2 unspecified atom stereocenters. The van der Waals surface area contributed by atoms with E-state index in [9.17, 15) is 8.60 Å². The second-order valence-electron chi connectivity index (χ2n) is 7.39. The Labute approximate surface area is 158 Å². The molecule has 0 amide bonds. The van der Waals surface area contributed by atoms with Gasteiger partial charge in [0.1, 0.15) is 6.17 Å². The van der Waals surface area contributed by atoms with Crippen molar-refractivity contribution in [1.29, 1.82) is 0 Å². The fourth-order valence-electron chi connectivity index (χ4n) is 3.15. The molecule has 4 heteroatoms. The van der Waals surface area contributed by atoms with Crippen LogP contribution in [0.5, 0.6) is 0 Å². The van der Waals surface area contributed by atoms with Gasteiger partial charge in [-0.15, -0.1) is 0 Å². The van der Waals surface area contributed by atoms with Crippen LogP contribution in [0.4, 0.5) is 4.39 Å². The van der Waals surface area contributed by atoms with E-state index in [1.165, 1.54) is 89.9 Å². The summed E-state index contributed by atoms with van der Waals surface area (Å²) in [4.78, 5) is 0. The molecule has 0 fully saturated rings. The molecular formula is C21H43FO2S. The number of hydrogen-bond acceptors (Lipinski definition) is 2. The maximum absolute atomic E-state index is 12.8. The van der Waals surface area contributed by atoms with Crippen molar-refractivity contribution in [2.75, 3.05) is 18.1 Å². The van der Waals surface area contributed by atoms with Gasteiger partial charge in [-0.3, -0.25) is 4.21 Å². The van der Waals surface area contributed by atoms with Gasteiger partial charge in [-0.05, 0) is 6.42 Å². The lowest BCUT2D eigenvalue weighted by molar-refractivity contribution is 0.193. The molecule has 0 saturated carbocycles. The number of alkyl halides is 1. The lowest BCUT2D eigenvalue weighted by atomic mass is 10.0. The molecule has 0 aliphatic carbocycles. The van der Waals surface area contributed by atoms with Crippen molar-refractivity contribution in [2.24, 2.45) is 0 Å². The van der Waals surface area contributed by atoms with Gasteiger partial charge in [0.05, 0.1) is 12.4 Å². The minimum atomic E-state index is -1.32. The van der Waals surface area contributed by atoms with Crippen LogP contribution in [0.25, 0.3) is 0 Å². The van der Waals surface area contributed by atoms with E-state index in [4.69, 9.17) is 5.11 Å². The van der Waals surface area contributed by atoms with E-state index in [2.05, 4.69) is 6.92 Å². The van der Waals surface area contributed by atoms with Crippen molar-refractivity contribution >= 4 is 10.8 Å². The number of rotatable bonds is 20. The van der Waals surface area contributed by atoms with E-state index in [1.807, 2.05) is 0 Å². The van der Waals surface area contributed by atoms with Crippen molar-refractivity contribution in [3.63, 3.8) is 0 Å². The molecule has 0 aromatic carbocycles. The van der Waals surface area contributed by atoms with E-state index in [-0.39, 0.29) is 5.75 Å². The Morgan fingerprint density at radius 2 is 1.08 bits per heavy atom. The number of aliphatic hydroxyl groups is 1. The predicted molar refractivity (Wildman–Crippen MR) is 109 cm³/mol. The summed E-state index contributed by atoms with van der Waals surface area (Å²) in [5.41, 5.74) is 0. The fourth-order valence-corrected chi connectivity index (χ4v) is 4.35. The molecular weight excluding hydrogens is 335 g/mol. The van der Waals surface area contributed by atoms with Crippen molar-refractivity contribution in [3.05, 3.63) is 0 Å². The molecule has 0 aromatic rings. The summed E-state index contributed by atoms with van der Waals surface area (Å²) in [6, 6.07) is 0. The number of aliphatic hydroxyl groups excluding tert-OH is 1. The first kappa shape index (κ1) is 25.0. The molecule has 0 radical (unpaired) electrons. The Kier molecular flexibility index (Phi) is 20.4. The first-order valence-corrected chi connectivity index (χ1v) is 12.3. The van der Waals surface area contributed by atoms with E-state index in [0.29, 0.717) is 5.75 Å². The second kappa shape index (κ2) is 20.4. The third-order valence-corrected chi connectivity index (χ3v) is 6.27. The van der Waals surface area contributed by atoms with Gasteiger partial charge < -0.3 is 5.11 Å². The molecule has 0 aromatic heterocycles. The monoisotopic (exact) mass is 378 g/mol. The summed E-state index contributed by atoms with van der Waals surface area (Å²) in [7, 11) is -1.10. The third kappa shape index (κ3) is 20.2. The SMILES string of the molecule is CCCCCCCCCCCCCCCCCCS(=O)CC(F)CO. The van der Waals surface area contributed by atoms with Crippen molar-refractivity contribution in [1.82, 2.24) is 0 Å². The Bertz CT molecular complexity index is 287. The molecule has 0 saturated heterocycles. The van der Waals surface area contributed by atoms with Crippen molar-refractivity contribution in [2.45, 2.75) is 116 Å². The third-order valence-electron chi connectivity index (χ3n) is 4.79. The van der Waals surface area contributed by atoms with E-state index in [1.54, 1.807) is 0 Å². The molecule has 0 bridgehead atoms. The van der Waals surface area contributed by atoms with E-state index >= 15 is 0 Å². The lowest BCUT2D eigenvalue weighted by Gasteiger charge is -2.05. The normalized spacial score (nSPS) is 13.9. The first-order chi connectivity index (χ1) is 12.2. The minimum absolute atomic E-state index is 0.00472. The Morgan fingerprint density at radius 3 is 1.44 bits per heavy atom. The van der Waals surface area contributed by atoms with E-state index < -0.39 is 23.6 Å². The summed E-state index contributed by atoms with van der Waals surface area (Å²) in [6.45, 7) is 1.76. The van der Waals surface area contributed by atoms with Crippen LogP contribution in [0.3, 0.4) is 0 Å². The highest BCUT2D eigenvalue weighted by Crippen LogP contribution is 2.13. The molecule has 0 aliphatic rings. The van der Waals surface area contributed by atoms with Gasteiger partial charge in [0.15, 0.2) is 0 Å². The Morgan fingerprint density at radius 1 is 0.720 bits per heavy atom. The summed E-state index contributed by atoms with van der Waals surface area (Å²) in [5, 5.41) is 8.59. The first-order valence-electron chi connectivity index (χ1n) is 10.8. The van der Waals surface area contributed by atoms with Crippen LogP contribution >= 0.6 is 0 Å². The van der Waals surface area contributed by atoms with Crippen LogP contribution in [0.2, 0.25) is 0 Å². The molecule has 1 N–H and O–H groups in total. The van der Waals surface area contributed by atoms with Crippen molar-refractivity contribution in [3.8, 4) is 0 Å². The van der Waals surface area contributed by atoms with Crippen LogP contribution in [-0.4, -0.2) is 33.6 Å². The molecule has 0 heterocycles. The zero-order valence-electron chi connectivity index (χ0n) is 16.7. The quantitative estimate of drug-likeness (QED) is 0.251. The summed E-state index contributed by atoms with van der Waals surface area (Å²) in [6.07, 6.45) is 19.9. The zero-order valence-corrected chi connectivity index (χ0v) is 17.5. The fraction of sp³-hybridized carbons (Fsp3) is 1.00. The minimum Gasteiger partial charge on any atom is -0.393 e. The average Bonchev–Trinajstić information content (AvgIpc) is 2.61. The largest absolute Gasteiger partial charge is 0.393 e. The molecule has 25 heavy (non-hydrogen) atoms. The van der Waals surface area contributed by atoms with Gasteiger partial charge in [-0.2, -0.15) is 0 Å². The van der Waals surface area contributed by atoms with Crippen molar-refractivity contribution < 1.29 is 13.7 Å². The molecule has 2 nitrogen and oxygen atoms in total. The highest BCUT2D eigenvalue weighted by Gasteiger charge is 2.09.